The Kier molecular flexibility index (Phi) is 5.50. The smallest absolute Gasteiger partial charge is 0.309 e. The third-order valence-corrected chi connectivity index (χ3v) is 7.02. The second kappa shape index (κ2) is 7.90. The van der Waals surface area contributed by atoms with Crippen molar-refractivity contribution in [3.05, 3.63) is 18.5 Å². The minimum atomic E-state index is -0.715. The molecule has 0 radical (unpaired) electrons. The van der Waals surface area contributed by atoms with E-state index < -0.39 is 11.4 Å². The van der Waals surface area contributed by atoms with E-state index in [0.717, 1.165) is 30.5 Å². The minimum Gasteiger partial charge on any atom is -0.492 e. The van der Waals surface area contributed by atoms with Crippen molar-refractivity contribution >= 4 is 11.7 Å². The predicted molar refractivity (Wildman–Crippen MR) is 107 cm³/mol. The molecule has 28 heavy (non-hydrogen) atoms. The zero-order valence-electron chi connectivity index (χ0n) is 17.0. The number of nitrogens with zero attached hydrogens (tertiary/aromatic N) is 2. The molecule has 1 aromatic heterocycles. The standard InChI is InChI=1S/C22H32N2O4/c1-15-3-5-16(6-4-15)14-28-18-9-17(11-23-12-18)24-7-8-27-20(13-24)19-10-22(19,2)21(25)26/h9,11-12,15-16,19-20H,3-8,10,13-14H2,1-2H3,(H,25,26)/t15-,16-,19?,20-,22?/m1/s1. The van der Waals surface area contributed by atoms with Crippen LogP contribution in [0.1, 0.15) is 46.0 Å². The molecule has 2 saturated carbocycles. The Morgan fingerprint density at radius 2 is 2.14 bits per heavy atom. The summed E-state index contributed by atoms with van der Waals surface area (Å²) in [6, 6.07) is 2.06. The van der Waals surface area contributed by atoms with E-state index in [1.165, 1.54) is 25.7 Å². The van der Waals surface area contributed by atoms with Crippen molar-refractivity contribution in [2.45, 2.75) is 52.1 Å². The maximum Gasteiger partial charge on any atom is 0.309 e. The van der Waals surface area contributed by atoms with Crippen LogP contribution in [-0.2, 0) is 9.53 Å². The van der Waals surface area contributed by atoms with Crippen LogP contribution in [-0.4, -0.2) is 48.5 Å². The molecule has 0 aromatic carbocycles. The Labute approximate surface area is 167 Å². The third-order valence-electron chi connectivity index (χ3n) is 7.02. The third kappa shape index (κ3) is 4.12. The van der Waals surface area contributed by atoms with E-state index in [4.69, 9.17) is 9.47 Å². The highest BCUT2D eigenvalue weighted by Crippen LogP contribution is 2.55. The van der Waals surface area contributed by atoms with Crippen molar-refractivity contribution in [1.29, 1.82) is 0 Å². The lowest BCUT2D eigenvalue weighted by Gasteiger charge is -2.35. The van der Waals surface area contributed by atoms with Crippen LogP contribution < -0.4 is 9.64 Å². The van der Waals surface area contributed by atoms with E-state index in [2.05, 4.69) is 22.9 Å². The molecule has 2 unspecified atom stereocenters. The number of aromatic nitrogens is 1. The van der Waals surface area contributed by atoms with Gasteiger partial charge in [0.15, 0.2) is 0 Å². The second-order valence-corrected chi connectivity index (χ2v) is 9.20. The molecule has 2 aliphatic carbocycles. The number of ether oxygens (including phenoxy) is 2. The minimum absolute atomic E-state index is 0.0383. The summed E-state index contributed by atoms with van der Waals surface area (Å²) >= 11 is 0. The number of anilines is 1. The first-order valence-corrected chi connectivity index (χ1v) is 10.6. The molecule has 154 valence electrons. The van der Waals surface area contributed by atoms with Gasteiger partial charge in [0.2, 0.25) is 0 Å². The molecular weight excluding hydrogens is 356 g/mol. The lowest BCUT2D eigenvalue weighted by molar-refractivity contribution is -0.144. The van der Waals surface area contributed by atoms with Crippen LogP contribution in [0.5, 0.6) is 5.75 Å². The van der Waals surface area contributed by atoms with Gasteiger partial charge in [-0.2, -0.15) is 0 Å². The van der Waals surface area contributed by atoms with Crippen molar-refractivity contribution in [3.8, 4) is 5.75 Å². The highest BCUT2D eigenvalue weighted by molar-refractivity contribution is 5.78. The zero-order valence-corrected chi connectivity index (χ0v) is 17.0. The number of pyridine rings is 1. The Bertz CT molecular complexity index is 704. The van der Waals surface area contributed by atoms with Gasteiger partial charge in [0.25, 0.3) is 0 Å². The first-order valence-electron chi connectivity index (χ1n) is 10.6. The first kappa shape index (κ1) is 19.5. The Morgan fingerprint density at radius 1 is 1.36 bits per heavy atom. The van der Waals surface area contributed by atoms with Gasteiger partial charge in [-0.05, 0) is 38.0 Å². The number of hydrogen-bond donors (Lipinski definition) is 1. The Hall–Kier alpha value is -1.82. The van der Waals surface area contributed by atoms with Gasteiger partial charge in [-0.25, -0.2) is 0 Å². The zero-order chi connectivity index (χ0) is 19.7. The number of hydrogen-bond acceptors (Lipinski definition) is 5. The number of aliphatic carboxylic acids is 1. The van der Waals surface area contributed by atoms with Gasteiger partial charge in [-0.1, -0.05) is 19.8 Å². The van der Waals surface area contributed by atoms with Crippen LogP contribution in [0.25, 0.3) is 0 Å². The summed E-state index contributed by atoms with van der Waals surface area (Å²) in [7, 11) is 0. The molecule has 0 bridgehead atoms. The van der Waals surface area contributed by atoms with Crippen LogP contribution in [0, 0.1) is 23.2 Å². The lowest BCUT2D eigenvalue weighted by Crippen LogP contribution is -2.44. The molecule has 3 fully saturated rings. The summed E-state index contributed by atoms with van der Waals surface area (Å²) in [4.78, 5) is 18.1. The molecule has 1 aliphatic heterocycles. The summed E-state index contributed by atoms with van der Waals surface area (Å²) in [6.07, 6.45) is 9.42. The summed E-state index contributed by atoms with van der Waals surface area (Å²) in [6.45, 7) is 7.04. The number of carbonyl (C=O) groups is 1. The predicted octanol–water partition coefficient (Wildman–Crippen LogP) is 3.60. The van der Waals surface area contributed by atoms with Crippen LogP contribution >= 0.6 is 0 Å². The Balaban J connectivity index is 1.34. The summed E-state index contributed by atoms with van der Waals surface area (Å²) in [5.41, 5.74) is 0.398. The van der Waals surface area contributed by atoms with Crippen molar-refractivity contribution in [3.63, 3.8) is 0 Å². The SMILES string of the molecule is CC1(C(=O)O)CC1[C@H]1CN(c2cncc(OC[C@H]3CC[C@H](C)CC3)c2)CCO1. The molecule has 0 amide bonds. The van der Waals surface area contributed by atoms with Gasteiger partial charge >= 0.3 is 5.97 Å². The van der Waals surface area contributed by atoms with Crippen molar-refractivity contribution in [2.75, 3.05) is 31.2 Å². The fourth-order valence-electron chi connectivity index (χ4n) is 4.71. The molecule has 6 heteroatoms. The van der Waals surface area contributed by atoms with Gasteiger partial charge in [-0.3, -0.25) is 9.78 Å². The molecule has 1 saturated heterocycles. The van der Waals surface area contributed by atoms with Crippen molar-refractivity contribution < 1.29 is 19.4 Å². The fourth-order valence-corrected chi connectivity index (χ4v) is 4.71. The molecule has 1 aromatic rings. The summed E-state index contributed by atoms with van der Waals surface area (Å²) in [5, 5.41) is 9.42. The molecule has 4 rings (SSSR count). The molecule has 6 nitrogen and oxygen atoms in total. The summed E-state index contributed by atoms with van der Waals surface area (Å²) < 4.78 is 12.0. The molecule has 3 atom stereocenters. The lowest BCUT2D eigenvalue weighted by atomic mass is 9.83. The molecule has 0 spiro atoms. The Morgan fingerprint density at radius 3 is 2.86 bits per heavy atom. The van der Waals surface area contributed by atoms with Crippen LogP contribution in [0.3, 0.4) is 0 Å². The largest absolute Gasteiger partial charge is 0.492 e. The summed E-state index contributed by atoms with van der Waals surface area (Å²) in [5.74, 6) is 1.70. The van der Waals surface area contributed by atoms with Gasteiger partial charge in [0, 0.05) is 25.1 Å². The molecule has 3 aliphatic rings. The van der Waals surface area contributed by atoms with E-state index in [-0.39, 0.29) is 12.0 Å². The van der Waals surface area contributed by atoms with Crippen LogP contribution in [0.2, 0.25) is 0 Å². The first-order chi connectivity index (χ1) is 13.5. The van der Waals surface area contributed by atoms with Crippen LogP contribution in [0.4, 0.5) is 5.69 Å². The van der Waals surface area contributed by atoms with E-state index in [1.54, 1.807) is 6.20 Å². The second-order valence-electron chi connectivity index (χ2n) is 9.20. The number of carboxylic acid groups (broad SMARTS) is 1. The molecular formula is C22H32N2O4. The number of rotatable bonds is 6. The topological polar surface area (TPSA) is 71.9 Å². The molecule has 1 N–H and O–H groups in total. The average molecular weight is 389 g/mol. The fraction of sp³-hybridized carbons (Fsp3) is 0.727. The van der Waals surface area contributed by atoms with Crippen molar-refractivity contribution in [1.82, 2.24) is 4.98 Å². The van der Waals surface area contributed by atoms with E-state index in [1.807, 2.05) is 13.1 Å². The maximum atomic E-state index is 11.5. The quantitative estimate of drug-likeness (QED) is 0.803. The highest BCUT2D eigenvalue weighted by Gasteiger charge is 2.60. The van der Waals surface area contributed by atoms with E-state index in [9.17, 15) is 9.90 Å². The van der Waals surface area contributed by atoms with E-state index in [0.29, 0.717) is 25.5 Å². The van der Waals surface area contributed by atoms with Crippen molar-refractivity contribution in [2.24, 2.45) is 23.2 Å². The van der Waals surface area contributed by atoms with Crippen LogP contribution in [0.15, 0.2) is 18.5 Å². The van der Waals surface area contributed by atoms with Gasteiger partial charge < -0.3 is 19.5 Å². The number of carboxylic acids is 1. The van der Waals surface area contributed by atoms with Gasteiger partial charge in [0.1, 0.15) is 5.75 Å². The van der Waals surface area contributed by atoms with Gasteiger partial charge in [-0.15, -0.1) is 0 Å². The highest BCUT2D eigenvalue weighted by atomic mass is 16.5. The normalized spacial score (nSPS) is 35.4. The number of morpholine rings is 1. The van der Waals surface area contributed by atoms with E-state index >= 15 is 0 Å². The molecule has 2 heterocycles. The maximum absolute atomic E-state index is 11.5. The van der Waals surface area contributed by atoms with Gasteiger partial charge in [0.05, 0.1) is 42.8 Å². The monoisotopic (exact) mass is 388 g/mol. The average Bonchev–Trinajstić information content (AvgIpc) is 3.41.